The van der Waals surface area contributed by atoms with E-state index >= 15 is 0 Å². The molecule has 1 atom stereocenters. The number of rotatable bonds is 8. The fourth-order valence-electron chi connectivity index (χ4n) is 4.14. The van der Waals surface area contributed by atoms with E-state index in [4.69, 9.17) is 10.8 Å². The highest BCUT2D eigenvalue weighted by Gasteiger charge is 2.29. The van der Waals surface area contributed by atoms with Crippen LogP contribution in [0.3, 0.4) is 0 Å². The predicted molar refractivity (Wildman–Crippen MR) is 144 cm³/mol. The topological polar surface area (TPSA) is 146 Å². The first-order valence-electron chi connectivity index (χ1n) is 12.0. The van der Waals surface area contributed by atoms with E-state index in [2.05, 4.69) is 31.3 Å². The number of anilines is 1. The van der Waals surface area contributed by atoms with Gasteiger partial charge in [-0.3, -0.25) is 9.48 Å². The molecule has 0 saturated carbocycles. The van der Waals surface area contributed by atoms with Crippen LogP contribution in [0.25, 0.3) is 11.1 Å². The number of amidine groups is 1. The monoisotopic (exact) mass is 586 g/mol. The van der Waals surface area contributed by atoms with Gasteiger partial charge in [-0.2, -0.15) is 5.10 Å². The number of carbonyl (C=O) groups excluding carboxylic acids is 2. The maximum atomic E-state index is 13.4. The molecule has 0 radical (unpaired) electrons. The number of urea groups is 1. The third kappa shape index (κ3) is 6.82. The van der Waals surface area contributed by atoms with Gasteiger partial charge in [0.1, 0.15) is 5.82 Å². The van der Waals surface area contributed by atoms with Crippen molar-refractivity contribution < 1.29 is 24.2 Å². The maximum Gasteiger partial charge on any atom is 0.321 e. The second kappa shape index (κ2) is 12.3. The average Bonchev–Trinajstić information content (AvgIpc) is 3.39. The molecule has 2 aromatic carbocycles. The summed E-state index contributed by atoms with van der Waals surface area (Å²) in [7, 11) is 0. The number of hydrogen-bond donors (Lipinski definition) is 4. The smallest absolute Gasteiger partial charge is 0.321 e. The molecule has 38 heavy (non-hydrogen) atoms. The number of aliphatic hydroxyl groups is 2. The van der Waals surface area contributed by atoms with Gasteiger partial charge in [0.25, 0.3) is 0 Å². The average molecular weight is 587 g/mol. The standard InChI is InChI=1S/C26H28BrFN6O4/c27-22-11-20(5-6-23(22)28)31-25(29)24(37)17-7-9-33(10-8-17)26(38)32-19-3-1-16(2-4-19)18-12-30-34(13-18)14-21(36)15-35/h1-6,11-13,17,21,35-36H,7-10,14-15H2,(H2,29,31)(H,32,38). The summed E-state index contributed by atoms with van der Waals surface area (Å²) < 4.78 is 15.2. The number of hydrogen-bond acceptors (Lipinski definition) is 6. The molecule has 0 bridgehead atoms. The van der Waals surface area contributed by atoms with Gasteiger partial charge < -0.3 is 26.2 Å². The number of nitrogens with two attached hydrogens (primary N) is 1. The van der Waals surface area contributed by atoms with Crippen LogP contribution in [0.15, 0.2) is 64.3 Å². The molecule has 200 valence electrons. The van der Waals surface area contributed by atoms with Crippen molar-refractivity contribution >= 4 is 45.0 Å². The SMILES string of the molecule is NC(=Nc1ccc(F)c(Br)c1)C(=O)C1CCN(C(=O)Nc2ccc(-c3cnn(CC(O)CO)c3)cc2)CC1. The van der Waals surface area contributed by atoms with E-state index in [-0.39, 0.29) is 41.2 Å². The van der Waals surface area contributed by atoms with E-state index in [0.717, 1.165) is 11.1 Å². The van der Waals surface area contributed by atoms with E-state index < -0.39 is 11.9 Å². The minimum Gasteiger partial charge on any atom is -0.394 e. The summed E-state index contributed by atoms with van der Waals surface area (Å²) in [6, 6.07) is 11.2. The van der Waals surface area contributed by atoms with Crippen molar-refractivity contribution in [1.82, 2.24) is 14.7 Å². The van der Waals surface area contributed by atoms with Crippen molar-refractivity contribution in [2.75, 3.05) is 25.0 Å². The molecule has 1 aromatic heterocycles. The summed E-state index contributed by atoms with van der Waals surface area (Å²) in [6.45, 7) is 0.650. The number of aromatic nitrogens is 2. The van der Waals surface area contributed by atoms with Gasteiger partial charge in [0.2, 0.25) is 5.78 Å². The highest BCUT2D eigenvalue weighted by molar-refractivity contribution is 9.10. The lowest BCUT2D eigenvalue weighted by Crippen LogP contribution is -2.44. The number of aliphatic imine (C=N–C) groups is 1. The van der Waals surface area contributed by atoms with Crippen molar-refractivity contribution in [3.63, 3.8) is 0 Å². The van der Waals surface area contributed by atoms with Crippen LogP contribution in [0.2, 0.25) is 0 Å². The van der Waals surface area contributed by atoms with E-state index in [9.17, 15) is 19.1 Å². The predicted octanol–water partition coefficient (Wildman–Crippen LogP) is 3.31. The summed E-state index contributed by atoms with van der Waals surface area (Å²) in [6.07, 6.45) is 3.48. The van der Waals surface area contributed by atoms with E-state index in [0.29, 0.717) is 37.3 Å². The van der Waals surface area contributed by atoms with Gasteiger partial charge in [-0.25, -0.2) is 14.2 Å². The van der Waals surface area contributed by atoms with E-state index in [1.807, 2.05) is 12.1 Å². The lowest BCUT2D eigenvalue weighted by Gasteiger charge is -2.31. The van der Waals surface area contributed by atoms with Gasteiger partial charge in [0.15, 0.2) is 5.84 Å². The molecular formula is C26H28BrFN6O4. The molecular weight excluding hydrogens is 559 g/mol. The van der Waals surface area contributed by atoms with Gasteiger partial charge in [0, 0.05) is 36.5 Å². The number of ketones is 1. The van der Waals surface area contributed by atoms with Gasteiger partial charge in [0.05, 0.1) is 35.6 Å². The number of halogens is 2. The second-order valence-corrected chi connectivity index (χ2v) is 9.87. The second-order valence-electron chi connectivity index (χ2n) is 9.02. The summed E-state index contributed by atoms with van der Waals surface area (Å²) in [5.41, 5.74) is 8.65. The zero-order valence-electron chi connectivity index (χ0n) is 20.4. The van der Waals surface area contributed by atoms with Crippen molar-refractivity contribution in [2.45, 2.75) is 25.5 Å². The fraction of sp³-hybridized carbons (Fsp3) is 0.308. The largest absolute Gasteiger partial charge is 0.394 e. The number of nitrogens with zero attached hydrogens (tertiary/aromatic N) is 4. The zero-order valence-corrected chi connectivity index (χ0v) is 22.0. The quantitative estimate of drug-likeness (QED) is 0.235. The fourth-order valence-corrected chi connectivity index (χ4v) is 4.50. The van der Waals surface area contributed by atoms with Gasteiger partial charge in [-0.1, -0.05) is 12.1 Å². The molecule has 4 rings (SSSR count). The third-order valence-electron chi connectivity index (χ3n) is 6.27. The van der Waals surface area contributed by atoms with Crippen LogP contribution in [-0.2, 0) is 11.3 Å². The molecule has 10 nitrogen and oxygen atoms in total. The highest BCUT2D eigenvalue weighted by atomic mass is 79.9. The summed E-state index contributed by atoms with van der Waals surface area (Å²) in [5.74, 6) is -1.19. The number of amides is 2. The Morgan fingerprint density at radius 2 is 1.89 bits per heavy atom. The van der Waals surface area contributed by atoms with Crippen LogP contribution in [0.5, 0.6) is 0 Å². The van der Waals surface area contributed by atoms with Crippen LogP contribution < -0.4 is 11.1 Å². The van der Waals surface area contributed by atoms with Crippen molar-refractivity contribution in [2.24, 2.45) is 16.6 Å². The first-order valence-corrected chi connectivity index (χ1v) is 12.8. The molecule has 3 aromatic rings. The highest BCUT2D eigenvalue weighted by Crippen LogP contribution is 2.25. The van der Waals surface area contributed by atoms with Crippen molar-refractivity contribution in [3.05, 3.63) is 65.1 Å². The molecule has 1 saturated heterocycles. The molecule has 0 spiro atoms. The van der Waals surface area contributed by atoms with Crippen molar-refractivity contribution in [1.29, 1.82) is 0 Å². The molecule has 0 aliphatic carbocycles. The van der Waals surface area contributed by atoms with Gasteiger partial charge in [-0.05, 0) is 64.7 Å². The first-order chi connectivity index (χ1) is 18.2. The lowest BCUT2D eigenvalue weighted by molar-refractivity contribution is -0.117. The minimum absolute atomic E-state index is 0.137. The van der Waals surface area contributed by atoms with E-state index in [1.54, 1.807) is 34.1 Å². The van der Waals surface area contributed by atoms with Crippen LogP contribution >= 0.6 is 15.9 Å². The Morgan fingerprint density at radius 1 is 1.18 bits per heavy atom. The third-order valence-corrected chi connectivity index (χ3v) is 6.88. The normalized spacial score (nSPS) is 15.4. The number of nitrogens with one attached hydrogen (secondary N) is 1. The summed E-state index contributed by atoms with van der Waals surface area (Å²) in [5, 5.41) is 25.6. The zero-order chi connectivity index (χ0) is 27.2. The number of benzene rings is 2. The van der Waals surface area contributed by atoms with Gasteiger partial charge >= 0.3 is 6.03 Å². The molecule has 1 unspecified atom stereocenters. The Hall–Kier alpha value is -3.61. The Kier molecular flexibility index (Phi) is 8.87. The Bertz CT molecular complexity index is 1320. The molecule has 2 amide bonds. The number of carbonyl (C=O) groups is 2. The summed E-state index contributed by atoms with van der Waals surface area (Å²) in [4.78, 5) is 31.3. The minimum atomic E-state index is -0.877. The maximum absolute atomic E-state index is 13.4. The first kappa shape index (κ1) is 27.4. The molecule has 1 fully saturated rings. The number of piperidine rings is 1. The van der Waals surface area contributed by atoms with Gasteiger partial charge in [-0.15, -0.1) is 0 Å². The van der Waals surface area contributed by atoms with Crippen LogP contribution in [-0.4, -0.2) is 68.3 Å². The Labute approximate surface area is 227 Å². The molecule has 1 aliphatic rings. The number of Topliss-reactive ketones (excluding diaryl/α,β-unsaturated/α-hetero) is 1. The molecule has 12 heteroatoms. The number of likely N-dealkylation sites (tertiary alicyclic amines) is 1. The molecule has 5 N–H and O–H groups in total. The Morgan fingerprint density at radius 3 is 2.55 bits per heavy atom. The molecule has 2 heterocycles. The van der Waals surface area contributed by atoms with Crippen LogP contribution in [0, 0.1) is 11.7 Å². The molecule has 1 aliphatic heterocycles. The lowest BCUT2D eigenvalue weighted by atomic mass is 9.92. The van der Waals surface area contributed by atoms with Crippen LogP contribution in [0.1, 0.15) is 12.8 Å². The Balaban J connectivity index is 1.28. The number of aliphatic hydroxyl groups excluding tert-OH is 2. The van der Waals surface area contributed by atoms with Crippen LogP contribution in [0.4, 0.5) is 20.6 Å². The summed E-state index contributed by atoms with van der Waals surface area (Å²) >= 11 is 3.09. The van der Waals surface area contributed by atoms with E-state index in [1.165, 1.54) is 18.2 Å². The van der Waals surface area contributed by atoms with Crippen molar-refractivity contribution in [3.8, 4) is 11.1 Å².